The molecular weight excluding hydrogens is 258 g/mol. The van der Waals surface area contributed by atoms with Crippen molar-refractivity contribution in [3.63, 3.8) is 0 Å². The van der Waals surface area contributed by atoms with Crippen LogP contribution in [0.4, 0.5) is 0 Å². The Morgan fingerprint density at radius 1 is 1.10 bits per heavy atom. The molecule has 5 nitrogen and oxygen atoms in total. The minimum Gasteiger partial charge on any atom is -0.383 e. The van der Waals surface area contributed by atoms with Crippen LogP contribution < -0.4 is 0 Å². The van der Waals surface area contributed by atoms with Gasteiger partial charge in [-0.2, -0.15) is 0 Å². The van der Waals surface area contributed by atoms with E-state index in [4.69, 9.17) is 0 Å². The van der Waals surface area contributed by atoms with Gasteiger partial charge in [-0.15, -0.1) is 0 Å². The van der Waals surface area contributed by atoms with Crippen LogP contribution in [0.25, 0.3) is 0 Å². The van der Waals surface area contributed by atoms with Gasteiger partial charge in [0.15, 0.2) is 12.1 Å². The minimum absolute atomic E-state index is 0.0648. The summed E-state index contributed by atoms with van der Waals surface area (Å²) >= 11 is 0. The summed E-state index contributed by atoms with van der Waals surface area (Å²) in [4.78, 5) is 22.3. The summed E-state index contributed by atoms with van der Waals surface area (Å²) < 4.78 is 9.35. The van der Waals surface area contributed by atoms with Gasteiger partial charge in [0.1, 0.15) is 5.78 Å². The highest BCUT2D eigenvalue weighted by Gasteiger charge is 1.93. The molecule has 0 aromatic rings. The second kappa shape index (κ2) is 15.9. The largest absolute Gasteiger partial charge is 0.383 e. The molecule has 0 N–H and O–H groups in total. The van der Waals surface area contributed by atoms with Crippen LogP contribution in [0.3, 0.4) is 0 Å². The molecule has 0 saturated carbocycles. The topological polar surface area (TPSA) is 55.8 Å². The first-order valence-corrected chi connectivity index (χ1v) is 6.53. The number of ether oxygens (including phenoxy) is 2. The molecule has 5 heteroatoms. The van der Waals surface area contributed by atoms with Gasteiger partial charge in [0.05, 0.1) is 0 Å². The van der Waals surface area contributed by atoms with Gasteiger partial charge in [0, 0.05) is 46.5 Å². The maximum atomic E-state index is 10.6. The average Bonchev–Trinajstić information content (AvgIpc) is 2.38. The fourth-order valence-electron chi connectivity index (χ4n) is 0.574. The first-order valence-electron chi connectivity index (χ1n) is 6.53. The molecule has 0 aromatic carbocycles. The van der Waals surface area contributed by atoms with E-state index < -0.39 is 0 Å². The van der Waals surface area contributed by atoms with Crippen LogP contribution in [-0.2, 0) is 19.1 Å². The van der Waals surface area contributed by atoms with Gasteiger partial charge in [-0.05, 0) is 27.7 Å². The Kier molecular flexibility index (Phi) is 18.9. The van der Waals surface area contributed by atoms with Gasteiger partial charge in [0.25, 0.3) is 0 Å². The molecule has 0 heterocycles. The van der Waals surface area contributed by atoms with Gasteiger partial charge in [-0.1, -0.05) is 6.92 Å². The molecule has 0 atom stereocenters. The maximum absolute atomic E-state index is 10.6. The van der Waals surface area contributed by atoms with Crippen molar-refractivity contribution in [2.45, 2.75) is 47.3 Å². The summed E-state index contributed by atoms with van der Waals surface area (Å²) in [5.41, 5.74) is 0.792. The number of carbonyl (C=O) groups is 2. The molecule has 0 aliphatic carbocycles. The smallest absolute Gasteiger partial charge is 0.156 e. The second-order valence-corrected chi connectivity index (χ2v) is 4.43. The lowest BCUT2D eigenvalue weighted by Gasteiger charge is -2.04. The highest BCUT2D eigenvalue weighted by Crippen LogP contribution is 1.93. The Labute approximate surface area is 123 Å². The molecule has 0 aliphatic rings. The Hall–Kier alpha value is -1.20. The number of allylic oxidation sites excluding steroid dienone is 1. The van der Waals surface area contributed by atoms with Crippen LogP contribution in [0.5, 0.6) is 0 Å². The van der Waals surface area contributed by atoms with E-state index in [1.165, 1.54) is 0 Å². The van der Waals surface area contributed by atoms with E-state index in [0.717, 1.165) is 5.57 Å². The first-order chi connectivity index (χ1) is 9.11. The fraction of sp³-hybridized carbons (Fsp3) is 0.733. The van der Waals surface area contributed by atoms with Crippen molar-refractivity contribution in [1.82, 2.24) is 4.90 Å². The maximum Gasteiger partial charge on any atom is 0.156 e. The number of carbonyl (C=O) groups excluding carboxylic acids is 2. The van der Waals surface area contributed by atoms with E-state index in [9.17, 15) is 9.59 Å². The third kappa shape index (κ3) is 25.6. The highest BCUT2D eigenvalue weighted by molar-refractivity contribution is 5.92. The molecule has 0 fully saturated rings. The number of rotatable bonds is 5. The molecule has 0 radical (unpaired) electrons. The summed E-state index contributed by atoms with van der Waals surface area (Å²) in [6, 6.07) is 0. The number of Topliss-reactive ketones (excluding diaryl/α,β-unsaturated/α-hetero) is 2. The van der Waals surface area contributed by atoms with Gasteiger partial charge >= 0.3 is 0 Å². The number of hydrogen-bond donors (Lipinski definition) is 0. The molecule has 0 spiro atoms. The molecule has 0 saturated heterocycles. The van der Waals surface area contributed by atoms with Gasteiger partial charge in [-0.3, -0.25) is 4.79 Å². The predicted molar refractivity (Wildman–Crippen MR) is 82.6 cm³/mol. The van der Waals surface area contributed by atoms with E-state index in [1.54, 1.807) is 28.1 Å². The third-order valence-electron chi connectivity index (χ3n) is 2.17. The predicted octanol–water partition coefficient (Wildman–Crippen LogP) is 2.65. The number of hydrogen-bond acceptors (Lipinski definition) is 5. The lowest BCUT2D eigenvalue weighted by atomic mass is 10.2. The van der Waals surface area contributed by atoms with Gasteiger partial charge < -0.3 is 19.2 Å². The van der Waals surface area contributed by atoms with E-state index >= 15 is 0 Å². The lowest BCUT2D eigenvalue weighted by Crippen LogP contribution is -2.05. The van der Waals surface area contributed by atoms with E-state index in [2.05, 4.69) is 9.47 Å². The minimum atomic E-state index is -0.0648. The number of nitrogens with zero attached hydrogens (tertiary/aromatic N) is 1. The zero-order valence-corrected chi connectivity index (χ0v) is 14.4. The SMILES string of the molecule is CC(=O)/C(C)=C/N(C)C.CCC(C)=O.COC(C)OC. The average molecular weight is 289 g/mol. The monoisotopic (exact) mass is 289 g/mol. The molecule has 0 rings (SSSR count). The quantitative estimate of drug-likeness (QED) is 0.575. The van der Waals surface area contributed by atoms with Crippen molar-refractivity contribution in [1.29, 1.82) is 0 Å². The molecule has 0 amide bonds. The zero-order valence-electron chi connectivity index (χ0n) is 14.4. The third-order valence-corrected chi connectivity index (χ3v) is 2.17. The molecule has 0 aromatic heterocycles. The Bertz CT molecular complexity index is 282. The van der Waals surface area contributed by atoms with Crippen LogP contribution in [0.1, 0.15) is 41.0 Å². The standard InChI is InChI=1S/C7H13NO.C4H10O2.C4H8O/c1-6(7(2)9)5-8(3)4;1-4(5-2)6-3;1-3-4(2)5/h5H,1-4H3;4H,1-3H3;3H2,1-2H3/b6-5+;;. The summed E-state index contributed by atoms with van der Waals surface area (Å²) in [5, 5.41) is 0. The molecule has 0 bridgehead atoms. The normalized spacial score (nSPS) is 10.0. The van der Waals surface area contributed by atoms with Crippen LogP contribution in [0.15, 0.2) is 11.8 Å². The van der Waals surface area contributed by atoms with E-state index in [1.807, 2.05) is 46.0 Å². The van der Waals surface area contributed by atoms with E-state index in [0.29, 0.717) is 6.42 Å². The second-order valence-electron chi connectivity index (χ2n) is 4.43. The summed E-state index contributed by atoms with van der Waals surface area (Å²) in [6.07, 6.45) is 2.41. The Morgan fingerprint density at radius 2 is 1.45 bits per heavy atom. The van der Waals surface area contributed by atoms with Crippen molar-refractivity contribution in [2.75, 3.05) is 28.3 Å². The first kappa shape index (κ1) is 23.9. The van der Waals surface area contributed by atoms with Gasteiger partial charge in [0.2, 0.25) is 0 Å². The Balaban J connectivity index is -0.000000230. The summed E-state index contributed by atoms with van der Waals surface area (Å²) in [7, 11) is 7.00. The van der Waals surface area contributed by atoms with Crippen molar-refractivity contribution in [2.24, 2.45) is 0 Å². The zero-order chi connectivity index (χ0) is 16.7. The van der Waals surface area contributed by atoms with Crippen molar-refractivity contribution < 1.29 is 19.1 Å². The molecule has 0 aliphatic heterocycles. The number of ketones is 2. The number of methoxy groups -OCH3 is 2. The fourth-order valence-corrected chi connectivity index (χ4v) is 0.574. The van der Waals surface area contributed by atoms with Crippen LogP contribution in [-0.4, -0.2) is 51.1 Å². The Morgan fingerprint density at radius 3 is 1.50 bits per heavy atom. The van der Waals surface area contributed by atoms with Crippen molar-refractivity contribution in [3.05, 3.63) is 11.8 Å². The molecular formula is C15H31NO4. The molecule has 120 valence electrons. The highest BCUT2D eigenvalue weighted by atomic mass is 16.7. The van der Waals surface area contributed by atoms with Crippen LogP contribution in [0, 0.1) is 0 Å². The van der Waals surface area contributed by atoms with Crippen LogP contribution in [0.2, 0.25) is 0 Å². The van der Waals surface area contributed by atoms with Gasteiger partial charge in [-0.25, -0.2) is 0 Å². The van der Waals surface area contributed by atoms with E-state index in [-0.39, 0.29) is 17.9 Å². The van der Waals surface area contributed by atoms with Crippen molar-refractivity contribution >= 4 is 11.6 Å². The summed E-state index contributed by atoms with van der Waals surface area (Å²) in [6.45, 7) is 8.64. The summed E-state index contributed by atoms with van der Waals surface area (Å²) in [5.74, 6) is 0.383. The lowest BCUT2D eigenvalue weighted by molar-refractivity contribution is -0.116. The van der Waals surface area contributed by atoms with Crippen LogP contribution >= 0.6 is 0 Å². The molecule has 20 heavy (non-hydrogen) atoms. The van der Waals surface area contributed by atoms with Crippen molar-refractivity contribution in [3.8, 4) is 0 Å². The molecule has 0 unspecified atom stereocenters.